The van der Waals surface area contributed by atoms with E-state index < -0.39 is 10.0 Å². The third-order valence-corrected chi connectivity index (χ3v) is 4.60. The van der Waals surface area contributed by atoms with E-state index in [9.17, 15) is 8.42 Å². The SMILES string of the molecule is CCC(CC)CNS(=O)(=O)Cc1cccc(CO)c1. The summed E-state index contributed by atoms with van der Waals surface area (Å²) in [5, 5.41) is 9.04. The summed E-state index contributed by atoms with van der Waals surface area (Å²) < 4.78 is 26.6. The average molecular weight is 285 g/mol. The van der Waals surface area contributed by atoms with Gasteiger partial charge < -0.3 is 5.11 Å². The van der Waals surface area contributed by atoms with Crippen LogP contribution in [0, 0.1) is 5.92 Å². The highest BCUT2D eigenvalue weighted by atomic mass is 32.2. The van der Waals surface area contributed by atoms with E-state index in [0.717, 1.165) is 18.4 Å². The molecule has 0 radical (unpaired) electrons. The summed E-state index contributed by atoms with van der Waals surface area (Å²) in [7, 11) is -3.31. The number of rotatable bonds is 8. The lowest BCUT2D eigenvalue weighted by Gasteiger charge is -2.13. The molecular weight excluding hydrogens is 262 g/mol. The van der Waals surface area contributed by atoms with Crippen molar-refractivity contribution < 1.29 is 13.5 Å². The Kier molecular flexibility index (Phi) is 6.48. The van der Waals surface area contributed by atoms with Crippen LogP contribution in [-0.4, -0.2) is 20.1 Å². The molecule has 1 aromatic rings. The summed E-state index contributed by atoms with van der Waals surface area (Å²) in [4.78, 5) is 0. The third kappa shape index (κ3) is 5.72. The summed E-state index contributed by atoms with van der Waals surface area (Å²) in [6, 6.07) is 7.01. The number of aliphatic hydroxyl groups excluding tert-OH is 1. The molecule has 0 saturated heterocycles. The molecular formula is C14H23NO3S. The van der Waals surface area contributed by atoms with E-state index in [1.807, 2.05) is 0 Å². The van der Waals surface area contributed by atoms with Gasteiger partial charge in [0.2, 0.25) is 10.0 Å². The highest BCUT2D eigenvalue weighted by Gasteiger charge is 2.13. The summed E-state index contributed by atoms with van der Waals surface area (Å²) in [6.07, 6.45) is 1.94. The first-order valence-electron chi connectivity index (χ1n) is 6.66. The normalized spacial score (nSPS) is 12.0. The van der Waals surface area contributed by atoms with Gasteiger partial charge in [0.1, 0.15) is 0 Å². The lowest BCUT2D eigenvalue weighted by Crippen LogP contribution is -2.30. The van der Waals surface area contributed by atoms with E-state index in [4.69, 9.17) is 5.11 Å². The van der Waals surface area contributed by atoms with E-state index in [-0.39, 0.29) is 12.4 Å². The van der Waals surface area contributed by atoms with E-state index in [1.54, 1.807) is 24.3 Å². The topological polar surface area (TPSA) is 66.4 Å². The van der Waals surface area contributed by atoms with E-state index in [0.29, 0.717) is 18.0 Å². The average Bonchev–Trinajstić information content (AvgIpc) is 2.39. The van der Waals surface area contributed by atoms with Crippen molar-refractivity contribution in [3.8, 4) is 0 Å². The first kappa shape index (κ1) is 16.1. The van der Waals surface area contributed by atoms with Gasteiger partial charge >= 0.3 is 0 Å². The number of hydrogen-bond donors (Lipinski definition) is 2. The van der Waals surface area contributed by atoms with E-state index in [2.05, 4.69) is 18.6 Å². The molecule has 0 heterocycles. The van der Waals surface area contributed by atoms with Crippen molar-refractivity contribution in [3.05, 3.63) is 35.4 Å². The highest BCUT2D eigenvalue weighted by Crippen LogP contribution is 2.10. The van der Waals surface area contributed by atoms with Crippen LogP contribution >= 0.6 is 0 Å². The molecule has 1 aromatic carbocycles. The maximum Gasteiger partial charge on any atom is 0.215 e. The summed E-state index contributed by atoms with van der Waals surface area (Å²) in [6.45, 7) is 4.55. The fourth-order valence-corrected chi connectivity index (χ4v) is 3.12. The molecule has 0 amide bonds. The Morgan fingerprint density at radius 3 is 2.42 bits per heavy atom. The molecule has 4 nitrogen and oxygen atoms in total. The molecule has 0 aliphatic rings. The Hall–Kier alpha value is -0.910. The van der Waals surface area contributed by atoms with Crippen LogP contribution in [0.1, 0.15) is 37.8 Å². The molecule has 0 bridgehead atoms. The van der Waals surface area contributed by atoms with Crippen LogP contribution in [0.25, 0.3) is 0 Å². The lowest BCUT2D eigenvalue weighted by molar-refractivity contribution is 0.282. The van der Waals surface area contributed by atoms with Crippen LogP contribution in [0.2, 0.25) is 0 Å². The molecule has 19 heavy (non-hydrogen) atoms. The van der Waals surface area contributed by atoms with Gasteiger partial charge in [-0.15, -0.1) is 0 Å². The monoisotopic (exact) mass is 285 g/mol. The van der Waals surface area contributed by atoms with Crippen molar-refractivity contribution >= 4 is 10.0 Å². The molecule has 0 spiro atoms. The number of sulfonamides is 1. The van der Waals surface area contributed by atoms with Crippen molar-refractivity contribution in [2.45, 2.75) is 39.0 Å². The van der Waals surface area contributed by atoms with Gasteiger partial charge in [0.25, 0.3) is 0 Å². The minimum atomic E-state index is -3.31. The van der Waals surface area contributed by atoms with Gasteiger partial charge in [-0.25, -0.2) is 13.1 Å². The smallest absolute Gasteiger partial charge is 0.215 e. The maximum absolute atomic E-state index is 12.0. The van der Waals surface area contributed by atoms with Gasteiger partial charge in [-0.05, 0) is 17.0 Å². The molecule has 0 aromatic heterocycles. The van der Waals surface area contributed by atoms with Crippen molar-refractivity contribution in [1.82, 2.24) is 4.72 Å². The molecule has 108 valence electrons. The Morgan fingerprint density at radius 2 is 1.84 bits per heavy atom. The molecule has 0 unspecified atom stereocenters. The minimum Gasteiger partial charge on any atom is -0.392 e. The number of benzene rings is 1. The second-order valence-corrected chi connectivity index (χ2v) is 6.57. The zero-order valence-corrected chi connectivity index (χ0v) is 12.4. The van der Waals surface area contributed by atoms with Gasteiger partial charge in [-0.1, -0.05) is 51.0 Å². The van der Waals surface area contributed by atoms with Crippen molar-refractivity contribution in [2.75, 3.05) is 6.54 Å². The third-order valence-electron chi connectivity index (χ3n) is 3.28. The molecule has 5 heteroatoms. The van der Waals surface area contributed by atoms with E-state index in [1.165, 1.54) is 0 Å². The first-order chi connectivity index (χ1) is 9.00. The van der Waals surface area contributed by atoms with Crippen molar-refractivity contribution in [1.29, 1.82) is 0 Å². The Labute approximate surface area is 115 Å². The fraction of sp³-hybridized carbons (Fsp3) is 0.571. The molecule has 0 aliphatic carbocycles. The van der Waals surface area contributed by atoms with Crippen LogP contribution in [0.4, 0.5) is 0 Å². The number of aliphatic hydroxyl groups is 1. The summed E-state index contributed by atoms with van der Waals surface area (Å²) in [5.74, 6) is 0.347. The number of hydrogen-bond acceptors (Lipinski definition) is 3. The summed E-state index contributed by atoms with van der Waals surface area (Å²) in [5.41, 5.74) is 1.43. The van der Waals surface area contributed by atoms with Gasteiger partial charge in [0.15, 0.2) is 0 Å². The van der Waals surface area contributed by atoms with Crippen LogP contribution in [0.3, 0.4) is 0 Å². The molecule has 2 N–H and O–H groups in total. The van der Waals surface area contributed by atoms with E-state index >= 15 is 0 Å². The zero-order valence-electron chi connectivity index (χ0n) is 11.6. The summed E-state index contributed by atoms with van der Waals surface area (Å²) >= 11 is 0. The van der Waals surface area contributed by atoms with Gasteiger partial charge in [0.05, 0.1) is 12.4 Å². The lowest BCUT2D eigenvalue weighted by atomic mass is 10.0. The predicted molar refractivity (Wildman–Crippen MR) is 77.1 cm³/mol. The molecule has 0 atom stereocenters. The van der Waals surface area contributed by atoms with Crippen LogP contribution in [0.15, 0.2) is 24.3 Å². The molecule has 0 aliphatic heterocycles. The van der Waals surface area contributed by atoms with Crippen LogP contribution in [-0.2, 0) is 22.4 Å². The second-order valence-electron chi connectivity index (χ2n) is 4.77. The first-order valence-corrected chi connectivity index (χ1v) is 8.32. The van der Waals surface area contributed by atoms with Gasteiger partial charge in [-0.2, -0.15) is 0 Å². The number of nitrogens with one attached hydrogen (secondary N) is 1. The Balaban J connectivity index is 2.63. The quantitative estimate of drug-likeness (QED) is 0.768. The van der Waals surface area contributed by atoms with Crippen molar-refractivity contribution in [3.63, 3.8) is 0 Å². The minimum absolute atomic E-state index is 0.0407. The second kappa shape index (κ2) is 7.62. The fourth-order valence-electron chi connectivity index (χ4n) is 1.91. The zero-order chi connectivity index (χ0) is 14.3. The maximum atomic E-state index is 12.0. The Bertz CT molecular complexity index is 481. The van der Waals surface area contributed by atoms with Gasteiger partial charge in [0, 0.05) is 6.54 Å². The van der Waals surface area contributed by atoms with Crippen molar-refractivity contribution in [2.24, 2.45) is 5.92 Å². The molecule has 0 saturated carbocycles. The largest absolute Gasteiger partial charge is 0.392 e. The van der Waals surface area contributed by atoms with Gasteiger partial charge in [-0.3, -0.25) is 0 Å². The molecule has 0 fully saturated rings. The standard InChI is InChI=1S/C14H23NO3S/c1-3-12(4-2)9-15-19(17,18)11-14-7-5-6-13(8-14)10-16/h5-8,12,15-16H,3-4,9-11H2,1-2H3. The van der Waals surface area contributed by atoms with Crippen LogP contribution in [0.5, 0.6) is 0 Å². The predicted octanol–water partition coefficient (Wildman–Crippen LogP) is 2.03. The Morgan fingerprint density at radius 1 is 1.21 bits per heavy atom. The molecule has 1 rings (SSSR count). The van der Waals surface area contributed by atoms with Crippen LogP contribution < -0.4 is 4.72 Å². The highest BCUT2D eigenvalue weighted by molar-refractivity contribution is 7.88.